The monoisotopic (exact) mass is 342 g/mol. The largest absolute Gasteiger partial charge is 0.466 e. The van der Waals surface area contributed by atoms with Crippen molar-refractivity contribution in [3.8, 4) is 0 Å². The molecule has 0 amide bonds. The maximum atomic E-state index is 11.6. The van der Waals surface area contributed by atoms with Gasteiger partial charge in [-0.2, -0.15) is 0 Å². The van der Waals surface area contributed by atoms with Crippen LogP contribution in [0.3, 0.4) is 0 Å². The fourth-order valence-electron chi connectivity index (χ4n) is 2.39. The molecule has 0 bridgehead atoms. The van der Waals surface area contributed by atoms with Gasteiger partial charge in [0.05, 0.1) is 13.2 Å². The molecule has 24 heavy (non-hydrogen) atoms. The van der Waals surface area contributed by atoms with Gasteiger partial charge in [0.15, 0.2) is 0 Å². The van der Waals surface area contributed by atoms with Gasteiger partial charge >= 0.3 is 11.9 Å². The van der Waals surface area contributed by atoms with E-state index >= 15 is 0 Å². The number of hydrogen-bond donors (Lipinski definition) is 0. The maximum Gasteiger partial charge on any atom is 0.305 e. The molecule has 0 aliphatic heterocycles. The van der Waals surface area contributed by atoms with E-state index in [0.717, 1.165) is 38.5 Å². The topological polar surface area (TPSA) is 52.6 Å². The summed E-state index contributed by atoms with van der Waals surface area (Å²) in [6.45, 7) is 11.6. The Balaban J connectivity index is 3.53. The van der Waals surface area contributed by atoms with Gasteiger partial charge in [-0.3, -0.25) is 9.59 Å². The number of rotatable bonds is 14. The average molecular weight is 343 g/mol. The molecule has 1 atom stereocenters. The maximum absolute atomic E-state index is 11.6. The van der Waals surface area contributed by atoms with Crippen LogP contribution in [-0.2, 0) is 19.1 Å². The summed E-state index contributed by atoms with van der Waals surface area (Å²) < 4.78 is 10.5. The number of carbonyl (C=O) groups excluding carboxylic acids is 2. The molecule has 0 saturated heterocycles. The Morgan fingerprint density at radius 3 is 1.71 bits per heavy atom. The van der Waals surface area contributed by atoms with Gasteiger partial charge in [-0.15, -0.1) is 0 Å². The highest BCUT2D eigenvalue weighted by Crippen LogP contribution is 2.11. The Hall–Kier alpha value is -1.06. The quantitative estimate of drug-likeness (QED) is 0.324. The van der Waals surface area contributed by atoms with Gasteiger partial charge in [0.1, 0.15) is 0 Å². The minimum atomic E-state index is -0.0981. The number of ether oxygens (including phenoxy) is 2. The molecule has 0 aliphatic rings. The van der Waals surface area contributed by atoms with Crippen LogP contribution < -0.4 is 0 Å². The van der Waals surface area contributed by atoms with E-state index < -0.39 is 0 Å². The first-order chi connectivity index (χ1) is 11.3. The standard InChI is InChI=1S/C20H38O4/c1-16(2)9-6-12-19(21)23-14-8-11-18(5)15-24-20(22)13-7-10-17(3)4/h16-18H,6-15H2,1-5H3. The second-order valence-electron chi connectivity index (χ2n) is 7.72. The lowest BCUT2D eigenvalue weighted by atomic mass is 10.1. The van der Waals surface area contributed by atoms with E-state index in [-0.39, 0.29) is 11.9 Å². The van der Waals surface area contributed by atoms with Gasteiger partial charge in [-0.05, 0) is 43.4 Å². The normalized spacial score (nSPS) is 12.5. The third-order valence-electron chi connectivity index (χ3n) is 3.96. The SMILES string of the molecule is CC(C)CCCC(=O)OCCCC(C)COC(=O)CCCC(C)C. The minimum Gasteiger partial charge on any atom is -0.466 e. The lowest BCUT2D eigenvalue weighted by Crippen LogP contribution is -2.13. The summed E-state index contributed by atoms with van der Waals surface area (Å²) in [5, 5.41) is 0. The lowest BCUT2D eigenvalue weighted by molar-refractivity contribution is -0.145. The van der Waals surface area contributed by atoms with Crippen LogP contribution in [0, 0.1) is 17.8 Å². The van der Waals surface area contributed by atoms with Crippen LogP contribution in [0.4, 0.5) is 0 Å². The first-order valence-corrected chi connectivity index (χ1v) is 9.62. The fraction of sp³-hybridized carbons (Fsp3) is 0.900. The molecule has 0 N–H and O–H groups in total. The Kier molecular flexibility index (Phi) is 13.7. The van der Waals surface area contributed by atoms with Crippen LogP contribution >= 0.6 is 0 Å². The van der Waals surface area contributed by atoms with Crippen molar-refractivity contribution in [2.24, 2.45) is 17.8 Å². The van der Waals surface area contributed by atoms with Crippen LogP contribution in [-0.4, -0.2) is 25.2 Å². The first kappa shape index (κ1) is 22.9. The second-order valence-corrected chi connectivity index (χ2v) is 7.72. The summed E-state index contributed by atoms with van der Waals surface area (Å²) in [4.78, 5) is 23.1. The molecule has 0 heterocycles. The Bertz CT molecular complexity index is 337. The molecule has 0 radical (unpaired) electrons. The van der Waals surface area contributed by atoms with E-state index in [9.17, 15) is 9.59 Å². The molecule has 4 heteroatoms. The summed E-state index contributed by atoms with van der Waals surface area (Å²) in [6.07, 6.45) is 6.68. The van der Waals surface area contributed by atoms with Gasteiger partial charge in [0.2, 0.25) is 0 Å². The molecule has 0 rings (SSSR count). The number of carbonyl (C=O) groups is 2. The molecule has 0 saturated carbocycles. The van der Waals surface area contributed by atoms with Gasteiger partial charge < -0.3 is 9.47 Å². The minimum absolute atomic E-state index is 0.0973. The van der Waals surface area contributed by atoms with Crippen LogP contribution in [0.25, 0.3) is 0 Å². The summed E-state index contributed by atoms with van der Waals surface area (Å²) in [5.74, 6) is 1.37. The molecule has 1 unspecified atom stereocenters. The predicted molar refractivity (Wildman–Crippen MR) is 97.7 cm³/mol. The molecule has 0 aromatic heterocycles. The van der Waals surface area contributed by atoms with Crippen molar-refractivity contribution >= 4 is 11.9 Å². The van der Waals surface area contributed by atoms with E-state index in [2.05, 4.69) is 34.6 Å². The molecule has 0 fully saturated rings. The summed E-state index contributed by atoms with van der Waals surface area (Å²) in [6, 6.07) is 0. The molecular weight excluding hydrogens is 304 g/mol. The van der Waals surface area contributed by atoms with Crippen molar-refractivity contribution in [3.63, 3.8) is 0 Å². The highest BCUT2D eigenvalue weighted by atomic mass is 16.5. The molecule has 0 aromatic carbocycles. The average Bonchev–Trinajstić information content (AvgIpc) is 2.48. The first-order valence-electron chi connectivity index (χ1n) is 9.62. The smallest absolute Gasteiger partial charge is 0.305 e. The van der Waals surface area contributed by atoms with Crippen molar-refractivity contribution in [2.75, 3.05) is 13.2 Å². The zero-order chi connectivity index (χ0) is 18.4. The highest BCUT2D eigenvalue weighted by Gasteiger charge is 2.09. The third-order valence-corrected chi connectivity index (χ3v) is 3.96. The summed E-state index contributed by atoms with van der Waals surface area (Å²) in [7, 11) is 0. The van der Waals surface area contributed by atoms with E-state index in [1.54, 1.807) is 0 Å². The number of esters is 2. The van der Waals surface area contributed by atoms with Crippen molar-refractivity contribution < 1.29 is 19.1 Å². The molecule has 0 aliphatic carbocycles. The van der Waals surface area contributed by atoms with Crippen molar-refractivity contribution in [1.29, 1.82) is 0 Å². The zero-order valence-corrected chi connectivity index (χ0v) is 16.4. The van der Waals surface area contributed by atoms with Crippen molar-refractivity contribution in [3.05, 3.63) is 0 Å². The van der Waals surface area contributed by atoms with Gasteiger partial charge in [0, 0.05) is 12.8 Å². The van der Waals surface area contributed by atoms with E-state index in [0.29, 0.717) is 43.8 Å². The highest BCUT2D eigenvalue weighted by molar-refractivity contribution is 5.69. The fourth-order valence-corrected chi connectivity index (χ4v) is 2.39. The van der Waals surface area contributed by atoms with Crippen LogP contribution in [0.15, 0.2) is 0 Å². The third kappa shape index (κ3) is 15.8. The molecule has 0 spiro atoms. The van der Waals surface area contributed by atoms with Crippen LogP contribution in [0.5, 0.6) is 0 Å². The molecule has 0 aromatic rings. The van der Waals surface area contributed by atoms with Gasteiger partial charge in [-0.1, -0.05) is 47.5 Å². The second kappa shape index (κ2) is 14.3. The van der Waals surface area contributed by atoms with Crippen molar-refractivity contribution in [2.45, 2.75) is 86.0 Å². The molecular formula is C20H38O4. The molecule has 4 nitrogen and oxygen atoms in total. The van der Waals surface area contributed by atoms with E-state index in [1.807, 2.05) is 0 Å². The van der Waals surface area contributed by atoms with Gasteiger partial charge in [-0.25, -0.2) is 0 Å². The lowest BCUT2D eigenvalue weighted by Gasteiger charge is -2.12. The van der Waals surface area contributed by atoms with Gasteiger partial charge in [0.25, 0.3) is 0 Å². The van der Waals surface area contributed by atoms with E-state index in [4.69, 9.17) is 9.47 Å². The Morgan fingerprint density at radius 2 is 1.21 bits per heavy atom. The Labute approximate surface area is 148 Å². The summed E-state index contributed by atoms with van der Waals surface area (Å²) >= 11 is 0. The van der Waals surface area contributed by atoms with Crippen LogP contribution in [0.1, 0.15) is 86.0 Å². The Morgan fingerprint density at radius 1 is 0.708 bits per heavy atom. The summed E-state index contributed by atoms with van der Waals surface area (Å²) in [5.41, 5.74) is 0. The van der Waals surface area contributed by atoms with E-state index in [1.165, 1.54) is 0 Å². The molecule has 142 valence electrons. The predicted octanol–water partition coefficient (Wildman–Crippen LogP) is 5.14. The van der Waals surface area contributed by atoms with Crippen LogP contribution in [0.2, 0.25) is 0 Å². The zero-order valence-electron chi connectivity index (χ0n) is 16.4. The van der Waals surface area contributed by atoms with Crippen molar-refractivity contribution in [1.82, 2.24) is 0 Å². The number of hydrogen-bond acceptors (Lipinski definition) is 4.